The van der Waals surface area contributed by atoms with E-state index in [0.29, 0.717) is 16.9 Å². The number of nitrogens with one attached hydrogen (secondary N) is 1. The molecule has 0 bridgehead atoms. The molecular formula is C26H22FNO6S. The molecule has 4 aromatic rings. The van der Waals surface area contributed by atoms with E-state index < -0.39 is 27.9 Å². The van der Waals surface area contributed by atoms with Crippen LogP contribution in [0.4, 0.5) is 4.39 Å². The second kappa shape index (κ2) is 9.44. The summed E-state index contributed by atoms with van der Waals surface area (Å²) in [5, 5.41) is 0.253. The van der Waals surface area contributed by atoms with E-state index in [1.54, 1.807) is 19.1 Å². The van der Waals surface area contributed by atoms with E-state index >= 15 is 0 Å². The van der Waals surface area contributed by atoms with Crippen molar-refractivity contribution in [1.29, 1.82) is 0 Å². The number of esters is 1. The number of aryl methyl sites for hydroxylation is 2. The van der Waals surface area contributed by atoms with Gasteiger partial charge in [-0.25, -0.2) is 17.6 Å². The smallest absolute Gasteiger partial charge is 0.329 e. The highest BCUT2D eigenvalue weighted by Gasteiger charge is 2.24. The SMILES string of the molecule is Cc1ccc(S(=O)(=O)NC(C)C(=O)Oc2ccc3c(=O)c(-c4ccc(F)cc4)c(C)oc3c2)cc1. The molecule has 1 atom stereocenters. The van der Waals surface area contributed by atoms with Crippen LogP contribution < -0.4 is 14.9 Å². The van der Waals surface area contributed by atoms with Gasteiger partial charge in [0.2, 0.25) is 15.5 Å². The zero-order chi connectivity index (χ0) is 25.3. The third-order valence-electron chi connectivity index (χ3n) is 5.41. The number of sulfonamides is 1. The lowest BCUT2D eigenvalue weighted by atomic mass is 10.0. The minimum atomic E-state index is -3.93. The molecule has 3 aromatic carbocycles. The zero-order valence-corrected chi connectivity index (χ0v) is 20.0. The van der Waals surface area contributed by atoms with Gasteiger partial charge in [0.05, 0.1) is 15.8 Å². The summed E-state index contributed by atoms with van der Waals surface area (Å²) < 4.78 is 51.8. The molecule has 4 rings (SSSR count). The first-order chi connectivity index (χ1) is 16.5. The fraction of sp³-hybridized carbons (Fsp3) is 0.154. The highest BCUT2D eigenvalue weighted by molar-refractivity contribution is 7.89. The van der Waals surface area contributed by atoms with E-state index in [2.05, 4.69) is 4.72 Å². The predicted molar refractivity (Wildman–Crippen MR) is 129 cm³/mol. The van der Waals surface area contributed by atoms with Crippen LogP contribution in [0.1, 0.15) is 18.2 Å². The summed E-state index contributed by atoms with van der Waals surface area (Å²) in [5.74, 6) is -0.849. The van der Waals surface area contributed by atoms with Crippen molar-refractivity contribution in [2.75, 3.05) is 0 Å². The Balaban J connectivity index is 1.56. The fourth-order valence-electron chi connectivity index (χ4n) is 3.57. The number of hydrogen-bond acceptors (Lipinski definition) is 6. The molecule has 0 aliphatic heterocycles. The molecule has 0 amide bonds. The van der Waals surface area contributed by atoms with Gasteiger partial charge in [-0.05, 0) is 62.7 Å². The number of fused-ring (bicyclic) bond motifs is 1. The van der Waals surface area contributed by atoms with E-state index in [-0.39, 0.29) is 27.0 Å². The highest BCUT2D eigenvalue weighted by Crippen LogP contribution is 2.27. The molecule has 35 heavy (non-hydrogen) atoms. The van der Waals surface area contributed by atoms with Crippen molar-refractivity contribution in [3.8, 4) is 16.9 Å². The van der Waals surface area contributed by atoms with Gasteiger partial charge in [0.1, 0.15) is 29.0 Å². The predicted octanol–water partition coefficient (Wildman–Crippen LogP) is 4.49. The van der Waals surface area contributed by atoms with Gasteiger partial charge in [-0.1, -0.05) is 29.8 Å². The van der Waals surface area contributed by atoms with E-state index in [0.717, 1.165) is 5.56 Å². The van der Waals surface area contributed by atoms with Gasteiger partial charge >= 0.3 is 5.97 Å². The minimum Gasteiger partial charge on any atom is -0.460 e. The highest BCUT2D eigenvalue weighted by atomic mass is 32.2. The summed E-state index contributed by atoms with van der Waals surface area (Å²) in [6.07, 6.45) is 0. The molecular weight excluding hydrogens is 473 g/mol. The van der Waals surface area contributed by atoms with Gasteiger partial charge in [-0.2, -0.15) is 4.72 Å². The fourth-order valence-corrected chi connectivity index (χ4v) is 4.76. The molecule has 0 saturated heterocycles. The quantitative estimate of drug-likeness (QED) is 0.312. The summed E-state index contributed by atoms with van der Waals surface area (Å²) in [4.78, 5) is 25.6. The third-order valence-corrected chi connectivity index (χ3v) is 6.96. The van der Waals surface area contributed by atoms with E-state index in [9.17, 15) is 22.4 Å². The number of ether oxygens (including phenoxy) is 1. The second-order valence-corrected chi connectivity index (χ2v) is 9.82. The maximum atomic E-state index is 13.3. The summed E-state index contributed by atoms with van der Waals surface area (Å²) in [6.45, 7) is 4.81. The summed E-state index contributed by atoms with van der Waals surface area (Å²) in [7, 11) is -3.93. The molecule has 1 N–H and O–H groups in total. The average Bonchev–Trinajstić information content (AvgIpc) is 2.80. The maximum absolute atomic E-state index is 13.3. The van der Waals surface area contributed by atoms with Crippen LogP contribution in [-0.4, -0.2) is 20.4 Å². The Morgan fingerprint density at radius 2 is 1.66 bits per heavy atom. The molecule has 1 heterocycles. The van der Waals surface area contributed by atoms with Crippen LogP contribution in [0, 0.1) is 19.7 Å². The molecule has 7 nitrogen and oxygen atoms in total. The molecule has 0 saturated carbocycles. The number of carbonyl (C=O) groups is 1. The van der Waals surface area contributed by atoms with Gasteiger partial charge in [0.25, 0.3) is 0 Å². The van der Waals surface area contributed by atoms with Crippen LogP contribution in [0.2, 0.25) is 0 Å². The number of carbonyl (C=O) groups excluding carboxylic acids is 1. The maximum Gasteiger partial charge on any atom is 0.329 e. The number of hydrogen-bond donors (Lipinski definition) is 1. The summed E-state index contributed by atoms with van der Waals surface area (Å²) in [5.41, 5.74) is 1.61. The van der Waals surface area contributed by atoms with Crippen molar-refractivity contribution in [3.63, 3.8) is 0 Å². The van der Waals surface area contributed by atoms with Crippen LogP contribution >= 0.6 is 0 Å². The Bertz CT molecular complexity index is 1580. The molecule has 9 heteroatoms. The summed E-state index contributed by atoms with van der Waals surface area (Å²) in [6, 6.07) is 14.8. The van der Waals surface area contributed by atoms with Crippen molar-refractivity contribution in [3.05, 3.63) is 94.1 Å². The van der Waals surface area contributed by atoms with Crippen LogP contribution in [0.3, 0.4) is 0 Å². The lowest BCUT2D eigenvalue weighted by Gasteiger charge is -2.14. The van der Waals surface area contributed by atoms with Crippen molar-refractivity contribution >= 4 is 27.0 Å². The Kier molecular flexibility index (Phi) is 6.56. The zero-order valence-electron chi connectivity index (χ0n) is 19.2. The van der Waals surface area contributed by atoms with Crippen LogP contribution in [0.5, 0.6) is 5.75 Å². The van der Waals surface area contributed by atoms with Crippen molar-refractivity contribution in [2.24, 2.45) is 0 Å². The molecule has 1 aromatic heterocycles. The molecule has 0 fully saturated rings. The molecule has 0 spiro atoms. The minimum absolute atomic E-state index is 0.0302. The van der Waals surface area contributed by atoms with Gasteiger partial charge in [-0.15, -0.1) is 0 Å². The first-order valence-corrected chi connectivity index (χ1v) is 12.2. The second-order valence-electron chi connectivity index (χ2n) is 8.10. The summed E-state index contributed by atoms with van der Waals surface area (Å²) >= 11 is 0. The van der Waals surface area contributed by atoms with E-state index in [1.807, 2.05) is 6.92 Å². The Hall–Kier alpha value is -3.82. The lowest BCUT2D eigenvalue weighted by Crippen LogP contribution is -2.40. The van der Waals surface area contributed by atoms with Gasteiger partial charge in [0.15, 0.2) is 0 Å². The standard InChI is InChI=1S/C26H22FNO6S/c1-15-4-11-21(12-5-15)35(31,32)28-16(2)26(30)34-20-10-13-22-23(14-20)33-17(3)24(25(22)29)18-6-8-19(27)9-7-18/h4-14,16,28H,1-3H3. The van der Waals surface area contributed by atoms with Gasteiger partial charge < -0.3 is 9.15 Å². The molecule has 0 aliphatic rings. The number of rotatable bonds is 6. The first-order valence-electron chi connectivity index (χ1n) is 10.7. The molecule has 0 aliphatic carbocycles. The normalized spacial score (nSPS) is 12.5. The van der Waals surface area contributed by atoms with Gasteiger partial charge in [-0.3, -0.25) is 4.79 Å². The van der Waals surface area contributed by atoms with Crippen LogP contribution in [0.15, 0.2) is 80.8 Å². The lowest BCUT2D eigenvalue weighted by molar-refractivity contribution is -0.135. The number of halogens is 1. The van der Waals surface area contributed by atoms with E-state index in [4.69, 9.17) is 9.15 Å². The van der Waals surface area contributed by atoms with Crippen LogP contribution in [-0.2, 0) is 14.8 Å². The third kappa shape index (κ3) is 5.16. The topological polar surface area (TPSA) is 103 Å². The Labute approximate surface area is 201 Å². The molecule has 0 radical (unpaired) electrons. The van der Waals surface area contributed by atoms with Gasteiger partial charge in [0, 0.05) is 6.07 Å². The molecule has 1 unspecified atom stereocenters. The van der Waals surface area contributed by atoms with Crippen molar-refractivity contribution in [1.82, 2.24) is 4.72 Å². The Morgan fingerprint density at radius 1 is 1.00 bits per heavy atom. The monoisotopic (exact) mass is 495 g/mol. The average molecular weight is 496 g/mol. The van der Waals surface area contributed by atoms with Crippen molar-refractivity contribution in [2.45, 2.75) is 31.7 Å². The number of benzene rings is 3. The van der Waals surface area contributed by atoms with Crippen LogP contribution in [0.25, 0.3) is 22.1 Å². The van der Waals surface area contributed by atoms with E-state index in [1.165, 1.54) is 61.5 Å². The largest absolute Gasteiger partial charge is 0.460 e. The first kappa shape index (κ1) is 24.3. The molecule has 180 valence electrons. The Morgan fingerprint density at radius 3 is 2.31 bits per heavy atom. The van der Waals surface area contributed by atoms with Crippen molar-refractivity contribution < 1.29 is 26.8 Å².